The van der Waals surface area contributed by atoms with E-state index < -0.39 is 9.85 Å². The average Bonchev–Trinajstić information content (AvgIpc) is 2.96. The summed E-state index contributed by atoms with van der Waals surface area (Å²) in [6, 6.07) is 12.8. The van der Waals surface area contributed by atoms with Crippen LogP contribution >= 0.6 is 0 Å². The second-order valence-corrected chi connectivity index (χ2v) is 4.36. The number of nitrogens with zero attached hydrogens (tertiary/aromatic N) is 2. The number of nitro benzene ring substituents is 2. The van der Waals surface area contributed by atoms with Gasteiger partial charge >= 0.3 is 0 Å². The minimum Gasteiger partial charge on any atom is -0.384 e. The van der Waals surface area contributed by atoms with Crippen LogP contribution in [0.25, 0.3) is 0 Å². The topological polar surface area (TPSA) is 98.3 Å². The first kappa shape index (κ1) is 14.4. The molecule has 0 aliphatic carbocycles. The molecule has 0 radical (unpaired) electrons. The Morgan fingerprint density at radius 1 is 0.857 bits per heavy atom. The van der Waals surface area contributed by atoms with Crippen LogP contribution in [0, 0.1) is 20.2 Å². The predicted octanol–water partition coefficient (Wildman–Crippen LogP) is 3.16. The number of benzene rings is 2. The Bertz CT molecular complexity index is 600. The summed E-state index contributed by atoms with van der Waals surface area (Å²) in [5, 5.41) is 23.5. The molecule has 0 fully saturated rings. The van der Waals surface area contributed by atoms with Crippen LogP contribution in [0.2, 0.25) is 0 Å². The summed E-state index contributed by atoms with van der Waals surface area (Å²) in [7, 11) is 0. The van der Waals surface area contributed by atoms with Crippen molar-refractivity contribution in [1.29, 1.82) is 0 Å². The molecule has 0 amide bonds. The maximum atomic E-state index is 10.1. The maximum Gasteiger partial charge on any atom is 0.269 e. The second kappa shape index (κ2) is 6.47. The molecule has 2 aromatic carbocycles. The van der Waals surface area contributed by atoms with Gasteiger partial charge in [-0.1, -0.05) is 18.2 Å². The zero-order valence-electron chi connectivity index (χ0n) is 11.1. The van der Waals surface area contributed by atoms with Crippen molar-refractivity contribution in [3.8, 4) is 0 Å². The number of nitro groups is 2. The lowest BCUT2D eigenvalue weighted by Crippen LogP contribution is -1.90. The van der Waals surface area contributed by atoms with E-state index in [1.54, 1.807) is 0 Å². The largest absolute Gasteiger partial charge is 0.384 e. The van der Waals surface area contributed by atoms with Crippen molar-refractivity contribution < 1.29 is 9.85 Å². The van der Waals surface area contributed by atoms with Crippen molar-refractivity contribution in [3.05, 3.63) is 74.3 Å². The Labute approximate surface area is 120 Å². The van der Waals surface area contributed by atoms with Crippen molar-refractivity contribution in [1.82, 2.24) is 0 Å². The van der Waals surface area contributed by atoms with Gasteiger partial charge in [-0.3, -0.25) is 20.2 Å². The summed E-state index contributed by atoms with van der Waals surface area (Å²) in [6.07, 6.45) is 1.19. The molecule has 0 saturated heterocycles. The van der Waals surface area contributed by atoms with Gasteiger partial charge in [0.25, 0.3) is 11.4 Å². The van der Waals surface area contributed by atoms with Gasteiger partial charge in [-0.2, -0.15) is 0 Å². The number of non-ortho nitro benzene ring substituents is 2. The molecule has 0 unspecified atom stereocenters. The minimum atomic E-state index is -0.607. The molecule has 1 N–H and O–H groups in total. The zero-order chi connectivity index (χ0) is 15.2. The van der Waals surface area contributed by atoms with Crippen LogP contribution in [-0.4, -0.2) is 16.4 Å². The van der Waals surface area contributed by atoms with E-state index in [2.05, 4.69) is 29.6 Å². The van der Waals surface area contributed by atoms with Crippen molar-refractivity contribution >= 4 is 17.1 Å². The Kier molecular flexibility index (Phi) is 4.45. The Morgan fingerprint density at radius 2 is 1.38 bits per heavy atom. The molecule has 2 aromatic rings. The fourth-order valence-electron chi connectivity index (χ4n) is 1.94. The van der Waals surface area contributed by atoms with Crippen LogP contribution < -0.4 is 5.32 Å². The van der Waals surface area contributed by atoms with Gasteiger partial charge in [0.15, 0.2) is 0 Å². The van der Waals surface area contributed by atoms with Crippen molar-refractivity contribution in [3.63, 3.8) is 0 Å². The van der Waals surface area contributed by atoms with Gasteiger partial charge < -0.3 is 5.32 Å². The first-order valence-corrected chi connectivity index (χ1v) is 6.28. The summed E-state index contributed by atoms with van der Waals surface area (Å²) in [4.78, 5) is 19.0. The highest BCUT2D eigenvalue weighted by molar-refractivity contribution is 5.54. The number of hydrogen-bond acceptors (Lipinski definition) is 5. The molecular weight excluding hydrogens is 274 g/mol. The normalized spacial score (nSPS) is 11.6. The van der Waals surface area contributed by atoms with E-state index in [4.69, 9.17) is 0 Å². The van der Waals surface area contributed by atoms with Gasteiger partial charge in [0.1, 0.15) is 0 Å². The fourth-order valence-corrected chi connectivity index (χ4v) is 1.94. The monoisotopic (exact) mass is 287 g/mol. The first-order chi connectivity index (χ1) is 10.1. The molecule has 3 rings (SSSR count). The van der Waals surface area contributed by atoms with Crippen molar-refractivity contribution in [2.24, 2.45) is 0 Å². The predicted molar refractivity (Wildman–Crippen MR) is 78.4 cm³/mol. The van der Waals surface area contributed by atoms with Crippen LogP contribution in [0.4, 0.5) is 17.1 Å². The number of nitrogens with one attached hydrogen (secondary N) is 1. The van der Waals surface area contributed by atoms with E-state index in [1.807, 2.05) is 0 Å². The molecule has 1 aliphatic heterocycles. The molecule has 0 bridgehead atoms. The van der Waals surface area contributed by atoms with E-state index in [0.717, 1.165) is 30.8 Å². The summed E-state index contributed by atoms with van der Waals surface area (Å²) in [5.41, 5.74) is 2.47. The maximum absolute atomic E-state index is 10.1. The van der Waals surface area contributed by atoms with E-state index in [1.165, 1.54) is 17.7 Å². The summed E-state index contributed by atoms with van der Waals surface area (Å²) in [5.74, 6) is 0. The molecule has 0 spiro atoms. The summed E-state index contributed by atoms with van der Waals surface area (Å²) >= 11 is 0. The molecule has 0 saturated carbocycles. The fraction of sp³-hybridized carbons (Fsp3) is 0.143. The number of anilines is 1. The molecule has 21 heavy (non-hydrogen) atoms. The molecule has 1 aliphatic rings. The third kappa shape index (κ3) is 3.75. The molecular formula is C14H13N3O4. The molecule has 1 heterocycles. The van der Waals surface area contributed by atoms with Gasteiger partial charge in [-0.15, -0.1) is 0 Å². The number of fused-ring (bicyclic) bond motifs is 1. The number of para-hydroxylation sites is 1. The van der Waals surface area contributed by atoms with Crippen LogP contribution in [0.1, 0.15) is 5.56 Å². The number of hydrogen-bond donors (Lipinski definition) is 1. The van der Waals surface area contributed by atoms with Crippen LogP contribution in [0.15, 0.2) is 48.5 Å². The SMILES string of the molecule is O=[N+]([O-])c1ccc([N+](=O)[O-])cc1.c1ccc2c(c1)CCN2. The lowest BCUT2D eigenvalue weighted by molar-refractivity contribution is -0.389. The molecule has 0 atom stereocenters. The van der Waals surface area contributed by atoms with Crippen molar-refractivity contribution in [2.75, 3.05) is 11.9 Å². The minimum absolute atomic E-state index is 0.152. The highest BCUT2D eigenvalue weighted by Crippen LogP contribution is 2.20. The smallest absolute Gasteiger partial charge is 0.269 e. The second-order valence-electron chi connectivity index (χ2n) is 4.36. The Hall–Kier alpha value is -2.96. The zero-order valence-corrected chi connectivity index (χ0v) is 11.1. The van der Waals surface area contributed by atoms with E-state index in [9.17, 15) is 20.2 Å². The van der Waals surface area contributed by atoms with E-state index >= 15 is 0 Å². The molecule has 0 aromatic heterocycles. The van der Waals surface area contributed by atoms with Gasteiger partial charge in [0.05, 0.1) is 9.85 Å². The van der Waals surface area contributed by atoms with Crippen LogP contribution in [-0.2, 0) is 6.42 Å². The van der Waals surface area contributed by atoms with E-state index in [-0.39, 0.29) is 11.4 Å². The third-order valence-electron chi connectivity index (χ3n) is 3.00. The van der Waals surface area contributed by atoms with Gasteiger partial charge in [-0.05, 0) is 18.1 Å². The lowest BCUT2D eigenvalue weighted by atomic mass is 10.2. The third-order valence-corrected chi connectivity index (χ3v) is 3.00. The quantitative estimate of drug-likeness (QED) is 0.675. The van der Waals surface area contributed by atoms with Crippen LogP contribution in [0.3, 0.4) is 0 Å². The highest BCUT2D eigenvalue weighted by atomic mass is 16.6. The van der Waals surface area contributed by atoms with E-state index in [0.29, 0.717) is 0 Å². The standard InChI is InChI=1S/C8H9N.C6H4N2O4/c1-2-4-8-7(3-1)5-6-9-8;9-7(10)5-1-2-6(4-3-5)8(11)12/h1-4,9H,5-6H2;1-4H. The van der Waals surface area contributed by atoms with Gasteiger partial charge in [0, 0.05) is 36.5 Å². The van der Waals surface area contributed by atoms with Gasteiger partial charge in [0.2, 0.25) is 0 Å². The number of rotatable bonds is 2. The summed E-state index contributed by atoms with van der Waals surface area (Å²) < 4.78 is 0. The Morgan fingerprint density at radius 3 is 1.86 bits per heavy atom. The lowest BCUT2D eigenvalue weighted by Gasteiger charge is -1.94. The Balaban J connectivity index is 0.000000159. The molecule has 7 heteroatoms. The summed E-state index contributed by atoms with van der Waals surface area (Å²) in [6.45, 7) is 1.11. The van der Waals surface area contributed by atoms with Gasteiger partial charge in [-0.25, -0.2) is 0 Å². The average molecular weight is 287 g/mol. The van der Waals surface area contributed by atoms with Crippen LogP contribution in [0.5, 0.6) is 0 Å². The molecule has 108 valence electrons. The first-order valence-electron chi connectivity index (χ1n) is 6.28. The highest BCUT2D eigenvalue weighted by Gasteiger charge is 2.09. The van der Waals surface area contributed by atoms with Crippen molar-refractivity contribution in [2.45, 2.75) is 6.42 Å². The molecule has 7 nitrogen and oxygen atoms in total.